The third-order valence-corrected chi connectivity index (χ3v) is 4.41. The van der Waals surface area contributed by atoms with Crippen LogP contribution >= 0.6 is 24.0 Å². The number of aromatic nitrogens is 1. The molecule has 0 fully saturated rings. The first-order valence-corrected chi connectivity index (χ1v) is 7.42. The van der Waals surface area contributed by atoms with Crippen LogP contribution in [-0.4, -0.2) is 19.2 Å². The van der Waals surface area contributed by atoms with Crippen LogP contribution in [0.4, 0.5) is 0 Å². The van der Waals surface area contributed by atoms with Gasteiger partial charge in [0, 0.05) is 29.7 Å². The SMILES string of the molecule is COCc1nc(Cc2ccccc2OC)sc1CS. The van der Waals surface area contributed by atoms with Gasteiger partial charge in [-0.3, -0.25) is 0 Å². The Kier molecular flexibility index (Phi) is 5.24. The molecule has 102 valence electrons. The summed E-state index contributed by atoms with van der Waals surface area (Å²) < 4.78 is 10.5. The second-order valence-corrected chi connectivity index (χ2v) is 5.54. The van der Waals surface area contributed by atoms with Crippen molar-refractivity contribution in [3.05, 3.63) is 45.4 Å². The van der Waals surface area contributed by atoms with E-state index in [-0.39, 0.29) is 0 Å². The molecule has 0 aliphatic heterocycles. The van der Waals surface area contributed by atoms with Crippen molar-refractivity contribution in [1.82, 2.24) is 4.98 Å². The van der Waals surface area contributed by atoms with E-state index in [4.69, 9.17) is 9.47 Å². The van der Waals surface area contributed by atoms with Gasteiger partial charge >= 0.3 is 0 Å². The molecule has 2 aromatic rings. The van der Waals surface area contributed by atoms with E-state index in [1.54, 1.807) is 25.6 Å². The van der Waals surface area contributed by atoms with Gasteiger partial charge in [0.15, 0.2) is 0 Å². The van der Waals surface area contributed by atoms with Crippen molar-refractivity contribution in [2.45, 2.75) is 18.8 Å². The second-order valence-electron chi connectivity index (χ2n) is 4.06. The molecule has 0 N–H and O–H groups in total. The highest BCUT2D eigenvalue weighted by Gasteiger charge is 2.12. The number of ether oxygens (including phenoxy) is 2. The Morgan fingerprint density at radius 1 is 1.26 bits per heavy atom. The highest BCUT2D eigenvalue weighted by atomic mass is 32.1. The van der Waals surface area contributed by atoms with Gasteiger partial charge in [-0.1, -0.05) is 18.2 Å². The molecular formula is C14H17NO2S2. The van der Waals surface area contributed by atoms with Crippen molar-refractivity contribution in [1.29, 1.82) is 0 Å². The van der Waals surface area contributed by atoms with E-state index in [0.29, 0.717) is 12.4 Å². The number of hydrogen-bond acceptors (Lipinski definition) is 5. The number of para-hydroxylation sites is 1. The molecule has 19 heavy (non-hydrogen) atoms. The van der Waals surface area contributed by atoms with Gasteiger partial charge in [-0.2, -0.15) is 12.6 Å². The molecule has 0 radical (unpaired) electrons. The molecule has 0 spiro atoms. The fraction of sp³-hybridized carbons (Fsp3) is 0.357. The van der Waals surface area contributed by atoms with E-state index in [0.717, 1.165) is 28.4 Å². The smallest absolute Gasteiger partial charge is 0.122 e. The molecule has 1 aromatic carbocycles. The molecule has 0 amide bonds. The summed E-state index contributed by atoms with van der Waals surface area (Å²) in [7, 11) is 3.37. The first-order valence-electron chi connectivity index (χ1n) is 5.97. The van der Waals surface area contributed by atoms with E-state index in [1.165, 1.54) is 4.88 Å². The summed E-state index contributed by atoms with van der Waals surface area (Å²) in [6, 6.07) is 8.02. The first-order chi connectivity index (χ1) is 9.28. The Labute approximate surface area is 123 Å². The highest BCUT2D eigenvalue weighted by molar-refractivity contribution is 7.79. The highest BCUT2D eigenvalue weighted by Crippen LogP contribution is 2.26. The molecule has 0 saturated heterocycles. The molecule has 2 rings (SSSR count). The van der Waals surface area contributed by atoms with Gasteiger partial charge in [0.25, 0.3) is 0 Å². The lowest BCUT2D eigenvalue weighted by Crippen LogP contribution is -1.95. The van der Waals surface area contributed by atoms with Crippen molar-refractivity contribution in [3.63, 3.8) is 0 Å². The Hall–Kier alpha value is -1.04. The van der Waals surface area contributed by atoms with Gasteiger partial charge in [0.2, 0.25) is 0 Å². The quantitative estimate of drug-likeness (QED) is 0.830. The molecule has 0 saturated carbocycles. The lowest BCUT2D eigenvalue weighted by Gasteiger charge is -2.05. The standard InChI is InChI=1S/C14H17NO2S2/c1-16-8-11-13(9-18)19-14(15-11)7-10-5-3-4-6-12(10)17-2/h3-6,18H,7-9H2,1-2H3. The Morgan fingerprint density at radius 2 is 2.05 bits per heavy atom. The van der Waals surface area contributed by atoms with Crippen molar-refractivity contribution >= 4 is 24.0 Å². The maximum atomic E-state index is 5.37. The van der Waals surface area contributed by atoms with Gasteiger partial charge in [-0.15, -0.1) is 11.3 Å². The summed E-state index contributed by atoms with van der Waals surface area (Å²) in [5, 5.41) is 1.07. The molecular weight excluding hydrogens is 278 g/mol. The molecule has 0 atom stereocenters. The molecule has 0 aliphatic rings. The van der Waals surface area contributed by atoms with Crippen LogP contribution in [0.15, 0.2) is 24.3 Å². The largest absolute Gasteiger partial charge is 0.496 e. The topological polar surface area (TPSA) is 31.4 Å². The van der Waals surface area contributed by atoms with Crippen LogP contribution in [0.1, 0.15) is 21.1 Å². The molecule has 1 heterocycles. The van der Waals surface area contributed by atoms with Crippen molar-refractivity contribution < 1.29 is 9.47 Å². The maximum absolute atomic E-state index is 5.37. The van der Waals surface area contributed by atoms with Crippen LogP contribution in [0.5, 0.6) is 5.75 Å². The predicted molar refractivity (Wildman–Crippen MR) is 81.3 cm³/mol. The maximum Gasteiger partial charge on any atom is 0.122 e. The zero-order valence-corrected chi connectivity index (χ0v) is 12.8. The number of methoxy groups -OCH3 is 2. The fourth-order valence-electron chi connectivity index (χ4n) is 1.90. The Balaban J connectivity index is 2.23. The Bertz CT molecular complexity index is 540. The van der Waals surface area contributed by atoms with Crippen molar-refractivity contribution in [3.8, 4) is 5.75 Å². The zero-order chi connectivity index (χ0) is 13.7. The number of benzene rings is 1. The third kappa shape index (κ3) is 3.49. The van der Waals surface area contributed by atoms with Gasteiger partial charge in [0.05, 0.1) is 24.4 Å². The average Bonchev–Trinajstić information content (AvgIpc) is 2.82. The lowest BCUT2D eigenvalue weighted by molar-refractivity contribution is 0.181. The second kappa shape index (κ2) is 6.93. The third-order valence-electron chi connectivity index (χ3n) is 2.78. The lowest BCUT2D eigenvalue weighted by atomic mass is 10.1. The number of thiazole rings is 1. The summed E-state index contributed by atoms with van der Waals surface area (Å²) in [4.78, 5) is 5.81. The summed E-state index contributed by atoms with van der Waals surface area (Å²) in [6.07, 6.45) is 0.777. The normalized spacial score (nSPS) is 10.7. The summed E-state index contributed by atoms with van der Waals surface area (Å²) in [5.74, 6) is 1.60. The van der Waals surface area contributed by atoms with Crippen molar-refractivity contribution in [2.24, 2.45) is 0 Å². The summed E-state index contributed by atoms with van der Waals surface area (Å²) in [5.41, 5.74) is 2.14. The minimum Gasteiger partial charge on any atom is -0.496 e. The number of rotatable bonds is 6. The first kappa shape index (κ1) is 14.4. The van der Waals surface area contributed by atoms with Crippen LogP contribution in [0, 0.1) is 0 Å². The Morgan fingerprint density at radius 3 is 2.74 bits per heavy atom. The van der Waals surface area contributed by atoms with Gasteiger partial charge in [-0.25, -0.2) is 4.98 Å². The molecule has 0 bridgehead atoms. The van der Waals surface area contributed by atoms with Crippen LogP contribution in [0.2, 0.25) is 0 Å². The van der Waals surface area contributed by atoms with E-state index in [1.807, 2.05) is 18.2 Å². The minimum atomic E-state index is 0.540. The van der Waals surface area contributed by atoms with Crippen LogP contribution in [-0.2, 0) is 23.5 Å². The van der Waals surface area contributed by atoms with E-state index < -0.39 is 0 Å². The van der Waals surface area contributed by atoms with Crippen LogP contribution in [0.25, 0.3) is 0 Å². The van der Waals surface area contributed by atoms with Crippen LogP contribution < -0.4 is 4.74 Å². The number of thiol groups is 1. The molecule has 1 aromatic heterocycles. The average molecular weight is 295 g/mol. The van der Waals surface area contributed by atoms with Gasteiger partial charge < -0.3 is 9.47 Å². The molecule has 0 aliphatic carbocycles. The number of hydrogen-bond donors (Lipinski definition) is 1. The van der Waals surface area contributed by atoms with Crippen molar-refractivity contribution in [2.75, 3.05) is 14.2 Å². The van der Waals surface area contributed by atoms with Crippen LogP contribution in [0.3, 0.4) is 0 Å². The fourth-order valence-corrected chi connectivity index (χ4v) is 3.23. The summed E-state index contributed by atoms with van der Waals surface area (Å²) >= 11 is 6.03. The predicted octanol–water partition coefficient (Wildman–Crippen LogP) is 3.32. The molecule has 0 unspecified atom stereocenters. The molecule has 5 heteroatoms. The van der Waals surface area contributed by atoms with E-state index in [2.05, 4.69) is 23.7 Å². The monoisotopic (exact) mass is 295 g/mol. The number of nitrogens with zero attached hydrogens (tertiary/aromatic N) is 1. The van der Waals surface area contributed by atoms with Gasteiger partial charge in [0.1, 0.15) is 5.75 Å². The minimum absolute atomic E-state index is 0.540. The summed E-state index contributed by atoms with van der Waals surface area (Å²) in [6.45, 7) is 0.540. The zero-order valence-electron chi connectivity index (χ0n) is 11.0. The van der Waals surface area contributed by atoms with Gasteiger partial charge in [-0.05, 0) is 6.07 Å². The van der Waals surface area contributed by atoms with E-state index >= 15 is 0 Å². The van der Waals surface area contributed by atoms with E-state index in [9.17, 15) is 0 Å². The molecule has 3 nitrogen and oxygen atoms in total.